The van der Waals surface area contributed by atoms with Gasteiger partial charge in [0.2, 0.25) is 0 Å². The molecule has 0 spiro atoms. The van der Waals surface area contributed by atoms with Crippen molar-refractivity contribution in [2.45, 2.75) is 20.8 Å². The Labute approximate surface area is 54.2 Å². The lowest BCUT2D eigenvalue weighted by Crippen LogP contribution is -1.83. The third kappa shape index (κ3) is 4.55. The summed E-state index contributed by atoms with van der Waals surface area (Å²) in [6.45, 7) is 6.87. The van der Waals surface area contributed by atoms with Crippen LogP contribution < -0.4 is 6.15 Å². The minimum atomic E-state index is 0. The Hall–Kier alpha value is 0.390. The second-order valence-electron chi connectivity index (χ2n) is 1.62. The highest BCUT2D eigenvalue weighted by molar-refractivity contribution is 7.57. The topological polar surface area (TPSA) is 35.0 Å². The SMILES string of the molecule is CCP(CC)CC.N. The van der Waals surface area contributed by atoms with Gasteiger partial charge < -0.3 is 6.15 Å². The Balaban J connectivity index is 0. The van der Waals surface area contributed by atoms with E-state index in [9.17, 15) is 0 Å². The van der Waals surface area contributed by atoms with Gasteiger partial charge in [-0.15, -0.1) is 7.92 Å². The molecule has 0 aromatic rings. The van der Waals surface area contributed by atoms with Gasteiger partial charge in [0, 0.05) is 0 Å². The van der Waals surface area contributed by atoms with Crippen molar-refractivity contribution < 1.29 is 0 Å². The lowest BCUT2D eigenvalue weighted by atomic mass is 10.9. The highest BCUT2D eigenvalue weighted by Gasteiger charge is 1.94. The molecule has 0 aliphatic heterocycles. The third-order valence-electron chi connectivity index (χ3n) is 1.34. The van der Waals surface area contributed by atoms with E-state index in [2.05, 4.69) is 20.8 Å². The molecule has 52 valence electrons. The number of hydrogen-bond acceptors (Lipinski definition) is 1. The predicted molar refractivity (Wildman–Crippen MR) is 43.6 cm³/mol. The Kier molecular flexibility index (Phi) is 10.4. The van der Waals surface area contributed by atoms with Crippen molar-refractivity contribution in [3.05, 3.63) is 0 Å². The smallest absolute Gasteiger partial charge is 0.0355 e. The summed E-state index contributed by atoms with van der Waals surface area (Å²) in [5.41, 5.74) is 0. The Morgan fingerprint density at radius 2 is 1.12 bits per heavy atom. The maximum absolute atomic E-state index is 2.29. The van der Waals surface area contributed by atoms with E-state index in [-0.39, 0.29) is 6.15 Å². The van der Waals surface area contributed by atoms with Gasteiger partial charge in [-0.3, -0.25) is 0 Å². The molecule has 1 nitrogen and oxygen atoms in total. The molecular formula is C6H18NP. The standard InChI is InChI=1S/C6H15P.H3N/c1-4-7(5-2)6-3;/h4-6H2,1-3H3;1H3. The van der Waals surface area contributed by atoms with Crippen molar-refractivity contribution in [3.63, 3.8) is 0 Å². The second kappa shape index (κ2) is 7.39. The largest absolute Gasteiger partial charge is 0.344 e. The van der Waals surface area contributed by atoms with Crippen LogP contribution in [0.25, 0.3) is 0 Å². The molecule has 0 rings (SSSR count). The van der Waals surface area contributed by atoms with E-state index in [0.29, 0.717) is 7.92 Å². The second-order valence-corrected chi connectivity index (χ2v) is 4.86. The molecule has 0 saturated heterocycles. The first kappa shape index (κ1) is 11.2. The third-order valence-corrected chi connectivity index (χ3v) is 4.02. The van der Waals surface area contributed by atoms with Gasteiger partial charge >= 0.3 is 0 Å². The van der Waals surface area contributed by atoms with Crippen molar-refractivity contribution in [1.82, 2.24) is 6.15 Å². The van der Waals surface area contributed by atoms with Crippen LogP contribution in [0.3, 0.4) is 0 Å². The van der Waals surface area contributed by atoms with E-state index in [1.54, 1.807) is 0 Å². The Bertz CT molecular complexity index is 30.0. The van der Waals surface area contributed by atoms with Crippen LogP contribution in [-0.4, -0.2) is 18.5 Å². The van der Waals surface area contributed by atoms with E-state index in [1.165, 1.54) is 18.5 Å². The van der Waals surface area contributed by atoms with Gasteiger partial charge in [0.05, 0.1) is 0 Å². The van der Waals surface area contributed by atoms with Gasteiger partial charge in [0.1, 0.15) is 0 Å². The van der Waals surface area contributed by atoms with Crippen LogP contribution in [0.5, 0.6) is 0 Å². The van der Waals surface area contributed by atoms with Crippen molar-refractivity contribution >= 4 is 7.92 Å². The summed E-state index contributed by atoms with van der Waals surface area (Å²) in [6.07, 6.45) is 4.26. The van der Waals surface area contributed by atoms with Crippen LogP contribution in [0, 0.1) is 0 Å². The van der Waals surface area contributed by atoms with E-state index in [0.717, 1.165) is 0 Å². The van der Waals surface area contributed by atoms with Crippen LogP contribution in [0.15, 0.2) is 0 Å². The molecule has 8 heavy (non-hydrogen) atoms. The fourth-order valence-electron chi connectivity index (χ4n) is 0.671. The van der Waals surface area contributed by atoms with E-state index < -0.39 is 0 Å². The average Bonchev–Trinajstić information content (AvgIpc) is 1.72. The van der Waals surface area contributed by atoms with E-state index >= 15 is 0 Å². The molecule has 0 fully saturated rings. The molecular weight excluding hydrogens is 117 g/mol. The fraction of sp³-hybridized carbons (Fsp3) is 1.00. The van der Waals surface area contributed by atoms with Gasteiger partial charge in [-0.2, -0.15) is 0 Å². The molecule has 0 aliphatic rings. The zero-order chi connectivity index (χ0) is 5.70. The first-order valence-corrected chi connectivity index (χ1v) is 4.97. The van der Waals surface area contributed by atoms with E-state index in [1.807, 2.05) is 0 Å². The fourth-order valence-corrected chi connectivity index (χ4v) is 2.01. The van der Waals surface area contributed by atoms with Gasteiger partial charge in [-0.25, -0.2) is 0 Å². The summed E-state index contributed by atoms with van der Waals surface area (Å²) in [5.74, 6) is 0. The molecule has 0 aliphatic carbocycles. The minimum Gasteiger partial charge on any atom is -0.344 e. The summed E-state index contributed by atoms with van der Waals surface area (Å²) in [5, 5.41) is 0. The summed E-state index contributed by atoms with van der Waals surface area (Å²) >= 11 is 0. The summed E-state index contributed by atoms with van der Waals surface area (Å²) < 4.78 is 0. The van der Waals surface area contributed by atoms with Crippen LogP contribution >= 0.6 is 7.92 Å². The average molecular weight is 135 g/mol. The summed E-state index contributed by atoms with van der Waals surface area (Å²) in [4.78, 5) is 0. The predicted octanol–water partition coefficient (Wildman–Crippen LogP) is 2.69. The van der Waals surface area contributed by atoms with Gasteiger partial charge in [-0.05, 0) is 18.5 Å². The first-order chi connectivity index (χ1) is 3.35. The first-order valence-electron chi connectivity index (χ1n) is 3.07. The molecule has 0 saturated carbocycles. The van der Waals surface area contributed by atoms with Crippen LogP contribution in [0.4, 0.5) is 0 Å². The molecule has 0 aromatic heterocycles. The Morgan fingerprint density at radius 3 is 1.12 bits per heavy atom. The zero-order valence-electron chi connectivity index (χ0n) is 6.28. The number of rotatable bonds is 3. The van der Waals surface area contributed by atoms with Crippen LogP contribution in [0.2, 0.25) is 0 Å². The molecule has 0 atom stereocenters. The van der Waals surface area contributed by atoms with Gasteiger partial charge in [-0.1, -0.05) is 20.8 Å². The lowest BCUT2D eigenvalue weighted by Gasteiger charge is -2.07. The molecule has 0 heterocycles. The minimum absolute atomic E-state index is 0. The molecule has 0 amide bonds. The maximum Gasteiger partial charge on any atom is -0.0355 e. The van der Waals surface area contributed by atoms with Gasteiger partial charge in [0.25, 0.3) is 0 Å². The molecule has 0 radical (unpaired) electrons. The highest BCUT2D eigenvalue weighted by Crippen LogP contribution is 2.32. The highest BCUT2D eigenvalue weighted by atomic mass is 31.1. The Morgan fingerprint density at radius 1 is 0.875 bits per heavy atom. The normalized spacial score (nSPS) is 9.00. The van der Waals surface area contributed by atoms with Crippen LogP contribution in [0.1, 0.15) is 20.8 Å². The lowest BCUT2D eigenvalue weighted by molar-refractivity contribution is 1.35. The zero-order valence-corrected chi connectivity index (χ0v) is 7.17. The molecule has 0 unspecified atom stereocenters. The molecule has 3 N–H and O–H groups in total. The van der Waals surface area contributed by atoms with Crippen LogP contribution in [-0.2, 0) is 0 Å². The summed E-state index contributed by atoms with van der Waals surface area (Å²) in [6, 6.07) is 0. The van der Waals surface area contributed by atoms with Crippen molar-refractivity contribution in [3.8, 4) is 0 Å². The molecule has 0 aromatic carbocycles. The summed E-state index contributed by atoms with van der Waals surface area (Å²) in [7, 11) is 0.446. The maximum atomic E-state index is 2.29. The number of hydrogen-bond donors (Lipinski definition) is 1. The van der Waals surface area contributed by atoms with Crippen molar-refractivity contribution in [2.24, 2.45) is 0 Å². The molecule has 0 bridgehead atoms. The van der Waals surface area contributed by atoms with E-state index in [4.69, 9.17) is 0 Å². The van der Waals surface area contributed by atoms with Crippen molar-refractivity contribution in [2.75, 3.05) is 18.5 Å². The van der Waals surface area contributed by atoms with Crippen molar-refractivity contribution in [1.29, 1.82) is 0 Å². The quantitative estimate of drug-likeness (QED) is 0.593. The monoisotopic (exact) mass is 135 g/mol. The molecule has 2 heteroatoms. The van der Waals surface area contributed by atoms with Gasteiger partial charge in [0.15, 0.2) is 0 Å².